The van der Waals surface area contributed by atoms with Crippen LogP contribution in [0, 0.1) is 23.7 Å². The molecule has 5 aliphatic rings. The van der Waals surface area contributed by atoms with E-state index in [0.717, 1.165) is 23.1 Å². The first-order valence-corrected chi connectivity index (χ1v) is 12.5. The standard InChI is InChI=1S/C25H24Cl3N3O/c26-17-3-1-14(2-4-17)23-12-21(30-31(23)22-6-5-18(27)11-20(22)28)25(32)29-24-16-8-13-7-15(10-16)19(24)9-13/h1-6,11,13,15-16,19,23-24H,7-10,12H2,(H,29,32). The van der Waals surface area contributed by atoms with Crippen LogP contribution in [0.5, 0.6) is 0 Å². The van der Waals surface area contributed by atoms with E-state index >= 15 is 0 Å². The number of carbonyl (C=O) groups excluding carboxylic acids is 1. The smallest absolute Gasteiger partial charge is 0.267 e. The molecule has 2 aromatic carbocycles. The Morgan fingerprint density at radius 3 is 2.44 bits per heavy atom. The number of nitrogens with one attached hydrogen (secondary N) is 1. The molecule has 0 spiro atoms. The van der Waals surface area contributed by atoms with E-state index in [-0.39, 0.29) is 11.9 Å². The van der Waals surface area contributed by atoms with Crippen LogP contribution in [-0.2, 0) is 4.79 Å². The molecule has 2 aromatic rings. The molecule has 1 heterocycles. The van der Waals surface area contributed by atoms with Crippen molar-refractivity contribution in [2.24, 2.45) is 28.8 Å². The molecule has 1 aliphatic heterocycles. The number of hydrogen-bond acceptors (Lipinski definition) is 3. The Morgan fingerprint density at radius 2 is 1.69 bits per heavy atom. The molecule has 4 bridgehead atoms. The SMILES string of the molecule is O=C(NC1C2CC3CC(C2)C1C3)C1=NN(c2ccc(Cl)cc2Cl)C(c2ccc(Cl)cc2)C1. The average Bonchev–Trinajstić information content (AvgIpc) is 3.39. The lowest BCUT2D eigenvalue weighted by Gasteiger charge is -2.32. The van der Waals surface area contributed by atoms with Gasteiger partial charge in [0.1, 0.15) is 5.71 Å². The number of halogens is 3. The van der Waals surface area contributed by atoms with Gasteiger partial charge in [0.15, 0.2) is 0 Å². The number of nitrogens with zero attached hydrogens (tertiary/aromatic N) is 2. The van der Waals surface area contributed by atoms with Gasteiger partial charge in [0.2, 0.25) is 0 Å². The van der Waals surface area contributed by atoms with Crippen LogP contribution in [0.1, 0.15) is 43.7 Å². The van der Waals surface area contributed by atoms with Crippen molar-refractivity contribution in [1.82, 2.24) is 5.32 Å². The quantitative estimate of drug-likeness (QED) is 0.533. The second-order valence-corrected chi connectivity index (χ2v) is 11.0. The summed E-state index contributed by atoms with van der Waals surface area (Å²) in [7, 11) is 0. The van der Waals surface area contributed by atoms with Gasteiger partial charge in [-0.2, -0.15) is 5.10 Å². The van der Waals surface area contributed by atoms with Gasteiger partial charge in [0.25, 0.3) is 5.91 Å². The van der Waals surface area contributed by atoms with Crippen LogP contribution in [0.15, 0.2) is 47.6 Å². The third kappa shape index (κ3) is 3.52. The molecule has 7 heteroatoms. The summed E-state index contributed by atoms with van der Waals surface area (Å²) in [6, 6.07) is 13.2. The van der Waals surface area contributed by atoms with E-state index < -0.39 is 0 Å². The van der Waals surface area contributed by atoms with E-state index in [4.69, 9.17) is 39.9 Å². The van der Waals surface area contributed by atoms with E-state index in [1.165, 1.54) is 25.7 Å². The lowest BCUT2D eigenvalue weighted by molar-refractivity contribution is -0.116. The zero-order valence-corrected chi connectivity index (χ0v) is 19.7. The predicted molar refractivity (Wildman–Crippen MR) is 130 cm³/mol. The maximum atomic E-state index is 13.4. The van der Waals surface area contributed by atoms with Crippen LogP contribution in [0.25, 0.3) is 0 Å². The average molecular weight is 489 g/mol. The van der Waals surface area contributed by atoms with Gasteiger partial charge < -0.3 is 5.32 Å². The highest BCUT2D eigenvalue weighted by Crippen LogP contribution is 2.58. The van der Waals surface area contributed by atoms with Crippen molar-refractivity contribution in [3.63, 3.8) is 0 Å². The van der Waals surface area contributed by atoms with Crippen molar-refractivity contribution in [2.45, 2.75) is 44.2 Å². The maximum absolute atomic E-state index is 13.4. The number of rotatable bonds is 4. The summed E-state index contributed by atoms with van der Waals surface area (Å²) < 4.78 is 0. The Morgan fingerprint density at radius 1 is 0.938 bits per heavy atom. The minimum absolute atomic E-state index is 0.0439. The molecule has 32 heavy (non-hydrogen) atoms. The topological polar surface area (TPSA) is 44.7 Å². The Hall–Kier alpha value is -1.75. The Balaban J connectivity index is 1.29. The summed E-state index contributed by atoms with van der Waals surface area (Å²) in [5.41, 5.74) is 2.32. The van der Waals surface area contributed by atoms with Crippen LogP contribution < -0.4 is 10.3 Å². The number of benzene rings is 2. The number of amides is 1. The van der Waals surface area contributed by atoms with Gasteiger partial charge in [-0.15, -0.1) is 0 Å². The van der Waals surface area contributed by atoms with E-state index in [1.807, 2.05) is 35.3 Å². The molecule has 0 radical (unpaired) electrons. The fourth-order valence-corrected chi connectivity index (χ4v) is 7.30. The summed E-state index contributed by atoms with van der Waals surface area (Å²) >= 11 is 18.7. The van der Waals surface area contributed by atoms with Gasteiger partial charge >= 0.3 is 0 Å². The second kappa shape index (κ2) is 7.93. The molecule has 4 saturated carbocycles. The number of hydrazone groups is 1. The summed E-state index contributed by atoms with van der Waals surface area (Å²) in [6.07, 6.45) is 5.69. The third-order valence-corrected chi connectivity index (χ3v) is 8.73. The first-order chi connectivity index (χ1) is 15.5. The van der Waals surface area contributed by atoms with Crippen LogP contribution >= 0.6 is 34.8 Å². The molecule has 4 fully saturated rings. The van der Waals surface area contributed by atoms with Crippen molar-refractivity contribution >= 4 is 52.1 Å². The van der Waals surface area contributed by atoms with Crippen molar-refractivity contribution in [2.75, 3.05) is 5.01 Å². The first kappa shape index (κ1) is 20.8. The number of carbonyl (C=O) groups is 1. The number of anilines is 1. The van der Waals surface area contributed by atoms with Gasteiger partial charge in [-0.25, -0.2) is 0 Å². The minimum Gasteiger partial charge on any atom is -0.348 e. The lowest BCUT2D eigenvalue weighted by atomic mass is 9.79. The van der Waals surface area contributed by atoms with Crippen molar-refractivity contribution in [1.29, 1.82) is 0 Å². The van der Waals surface area contributed by atoms with Crippen molar-refractivity contribution < 1.29 is 4.79 Å². The van der Waals surface area contributed by atoms with Crippen LogP contribution in [-0.4, -0.2) is 17.7 Å². The monoisotopic (exact) mass is 487 g/mol. The molecule has 4 nitrogen and oxygen atoms in total. The molecule has 1 N–H and O–H groups in total. The van der Waals surface area contributed by atoms with E-state index in [1.54, 1.807) is 12.1 Å². The summed E-state index contributed by atoms with van der Waals surface area (Å²) in [6.45, 7) is 0. The van der Waals surface area contributed by atoms with Gasteiger partial charge in [-0.05, 0) is 85.3 Å². The molecule has 6 atom stereocenters. The predicted octanol–water partition coefficient (Wildman–Crippen LogP) is 6.51. The Kier molecular flexibility index (Phi) is 5.16. The van der Waals surface area contributed by atoms with E-state index in [2.05, 4.69) is 5.32 Å². The molecule has 1 amide bonds. The minimum atomic E-state index is -0.136. The molecule has 6 unspecified atom stereocenters. The number of hydrogen-bond donors (Lipinski definition) is 1. The Labute approximate surface area is 202 Å². The maximum Gasteiger partial charge on any atom is 0.267 e. The summed E-state index contributed by atoms with van der Waals surface area (Å²) in [4.78, 5) is 13.4. The van der Waals surface area contributed by atoms with E-state index in [9.17, 15) is 4.79 Å². The lowest BCUT2D eigenvalue weighted by Crippen LogP contribution is -2.46. The fourth-order valence-electron chi connectivity index (χ4n) is 6.68. The van der Waals surface area contributed by atoms with Gasteiger partial charge in [0.05, 0.1) is 16.8 Å². The molecule has 0 saturated heterocycles. The highest BCUT2D eigenvalue weighted by molar-refractivity contribution is 6.40. The van der Waals surface area contributed by atoms with Crippen LogP contribution in [0.2, 0.25) is 15.1 Å². The van der Waals surface area contributed by atoms with E-state index in [0.29, 0.717) is 45.1 Å². The highest BCUT2D eigenvalue weighted by Gasteiger charge is 2.54. The summed E-state index contributed by atoms with van der Waals surface area (Å²) in [5, 5.41) is 11.8. The molecule has 166 valence electrons. The first-order valence-electron chi connectivity index (χ1n) is 11.3. The Bertz CT molecular complexity index is 1100. The summed E-state index contributed by atoms with van der Waals surface area (Å²) in [5.74, 6) is 2.94. The van der Waals surface area contributed by atoms with Gasteiger partial charge in [-0.3, -0.25) is 9.80 Å². The fraction of sp³-hybridized carbons (Fsp3) is 0.440. The molecule has 7 rings (SSSR count). The molecule has 4 aliphatic carbocycles. The second-order valence-electron chi connectivity index (χ2n) is 9.75. The highest BCUT2D eigenvalue weighted by atomic mass is 35.5. The van der Waals surface area contributed by atoms with Gasteiger partial charge in [-0.1, -0.05) is 46.9 Å². The molecular formula is C25H24Cl3N3O. The van der Waals surface area contributed by atoms with Crippen molar-refractivity contribution in [3.05, 3.63) is 63.1 Å². The zero-order chi connectivity index (χ0) is 22.0. The van der Waals surface area contributed by atoms with Crippen LogP contribution in [0.4, 0.5) is 5.69 Å². The largest absolute Gasteiger partial charge is 0.348 e. The molecule has 0 aromatic heterocycles. The normalized spacial score (nSPS) is 32.5. The third-order valence-electron chi connectivity index (χ3n) is 7.94. The van der Waals surface area contributed by atoms with Crippen molar-refractivity contribution in [3.8, 4) is 0 Å². The van der Waals surface area contributed by atoms with Crippen LogP contribution in [0.3, 0.4) is 0 Å². The zero-order valence-electron chi connectivity index (χ0n) is 17.5. The van der Waals surface area contributed by atoms with Gasteiger partial charge in [0, 0.05) is 22.5 Å². The molecular weight excluding hydrogens is 465 g/mol.